The number of carbonyl (C=O) groups is 2. The number of amides is 1. The van der Waals surface area contributed by atoms with Crippen molar-refractivity contribution in [3.05, 3.63) is 29.3 Å². The smallest absolute Gasteiger partial charge is 0.221 e. The van der Waals surface area contributed by atoms with E-state index >= 15 is 0 Å². The highest BCUT2D eigenvalue weighted by molar-refractivity contribution is 5.98. The third-order valence-corrected chi connectivity index (χ3v) is 2.83. The Morgan fingerprint density at radius 2 is 2.00 bits per heavy atom. The normalized spacial score (nSPS) is 15.2. The summed E-state index contributed by atoms with van der Waals surface area (Å²) in [6.45, 7) is 1.48. The zero-order chi connectivity index (χ0) is 11.5. The number of anilines is 1. The summed E-state index contributed by atoms with van der Waals surface area (Å²) in [4.78, 5) is 22.7. The number of aryl methyl sites for hydroxylation is 1. The van der Waals surface area contributed by atoms with E-state index in [1.807, 2.05) is 12.1 Å². The summed E-state index contributed by atoms with van der Waals surface area (Å²) in [6, 6.07) is 5.54. The molecule has 0 atom stereocenters. The van der Waals surface area contributed by atoms with Gasteiger partial charge in [0.15, 0.2) is 5.78 Å². The second-order valence-electron chi connectivity index (χ2n) is 4.18. The van der Waals surface area contributed by atoms with Crippen LogP contribution in [0.5, 0.6) is 0 Å². The Morgan fingerprint density at radius 3 is 2.75 bits per heavy atom. The Bertz CT molecular complexity index is 438. The molecule has 0 saturated carbocycles. The number of hydrogen-bond donors (Lipinski definition) is 1. The highest BCUT2D eigenvalue weighted by Crippen LogP contribution is 2.23. The monoisotopic (exact) mass is 217 g/mol. The summed E-state index contributed by atoms with van der Waals surface area (Å²) >= 11 is 0. The van der Waals surface area contributed by atoms with Gasteiger partial charge in [0, 0.05) is 24.6 Å². The molecule has 0 unspecified atom stereocenters. The van der Waals surface area contributed by atoms with Gasteiger partial charge in [0.2, 0.25) is 5.91 Å². The van der Waals surface area contributed by atoms with Gasteiger partial charge in [0.25, 0.3) is 0 Å². The summed E-state index contributed by atoms with van der Waals surface area (Å²) < 4.78 is 0. The number of rotatable bonds is 1. The number of ketones is 1. The summed E-state index contributed by atoms with van der Waals surface area (Å²) in [5.74, 6) is 0.141. The number of hydrogen-bond acceptors (Lipinski definition) is 2. The molecule has 0 radical (unpaired) electrons. The fourth-order valence-electron chi connectivity index (χ4n) is 2.09. The second-order valence-corrected chi connectivity index (χ2v) is 4.18. The Labute approximate surface area is 94.9 Å². The molecule has 0 aliphatic heterocycles. The van der Waals surface area contributed by atoms with Crippen molar-refractivity contribution in [1.29, 1.82) is 0 Å². The molecule has 3 heteroatoms. The van der Waals surface area contributed by atoms with Gasteiger partial charge in [0.1, 0.15) is 0 Å². The Balaban J connectivity index is 2.33. The molecular formula is C13H15NO2. The fraction of sp³-hybridized carbons (Fsp3) is 0.385. The molecule has 1 amide bonds. The average Bonchev–Trinajstić information content (AvgIpc) is 2.40. The van der Waals surface area contributed by atoms with Crippen molar-refractivity contribution in [2.24, 2.45) is 0 Å². The van der Waals surface area contributed by atoms with E-state index in [1.54, 1.807) is 6.07 Å². The minimum Gasteiger partial charge on any atom is -0.326 e. The van der Waals surface area contributed by atoms with Gasteiger partial charge in [-0.2, -0.15) is 0 Å². The minimum absolute atomic E-state index is 0.0834. The van der Waals surface area contributed by atoms with Crippen LogP contribution < -0.4 is 5.32 Å². The molecule has 0 bridgehead atoms. The van der Waals surface area contributed by atoms with Crippen LogP contribution >= 0.6 is 0 Å². The van der Waals surface area contributed by atoms with Crippen LogP contribution in [0.15, 0.2) is 18.2 Å². The minimum atomic E-state index is -0.0834. The largest absolute Gasteiger partial charge is 0.326 e. The van der Waals surface area contributed by atoms with E-state index in [4.69, 9.17) is 0 Å². The molecule has 84 valence electrons. The van der Waals surface area contributed by atoms with Crippen LogP contribution in [0.4, 0.5) is 5.69 Å². The SMILES string of the molecule is CC(=O)Nc1ccc2c(c1)CCCCC2=O. The molecule has 1 aliphatic rings. The molecule has 0 saturated heterocycles. The maximum absolute atomic E-state index is 11.8. The first-order valence-corrected chi connectivity index (χ1v) is 5.60. The first kappa shape index (κ1) is 10.9. The van der Waals surface area contributed by atoms with Gasteiger partial charge in [-0.05, 0) is 43.0 Å². The van der Waals surface area contributed by atoms with Crippen molar-refractivity contribution in [2.75, 3.05) is 5.32 Å². The topological polar surface area (TPSA) is 46.2 Å². The van der Waals surface area contributed by atoms with Gasteiger partial charge in [-0.1, -0.05) is 0 Å². The number of fused-ring (bicyclic) bond motifs is 1. The van der Waals surface area contributed by atoms with Crippen LogP contribution in [0.2, 0.25) is 0 Å². The van der Waals surface area contributed by atoms with Crippen molar-refractivity contribution in [2.45, 2.75) is 32.6 Å². The Kier molecular flexibility index (Phi) is 3.04. The van der Waals surface area contributed by atoms with E-state index in [-0.39, 0.29) is 11.7 Å². The fourth-order valence-corrected chi connectivity index (χ4v) is 2.09. The molecule has 0 aromatic heterocycles. The zero-order valence-electron chi connectivity index (χ0n) is 9.38. The summed E-state index contributed by atoms with van der Waals surface area (Å²) in [5.41, 5.74) is 2.67. The Morgan fingerprint density at radius 1 is 1.25 bits per heavy atom. The van der Waals surface area contributed by atoms with Crippen molar-refractivity contribution < 1.29 is 9.59 Å². The Hall–Kier alpha value is -1.64. The summed E-state index contributed by atoms with van der Waals surface area (Å²) in [7, 11) is 0. The van der Waals surface area contributed by atoms with Crippen LogP contribution in [-0.2, 0) is 11.2 Å². The highest BCUT2D eigenvalue weighted by Gasteiger charge is 2.15. The van der Waals surface area contributed by atoms with E-state index in [0.29, 0.717) is 6.42 Å². The van der Waals surface area contributed by atoms with Crippen molar-refractivity contribution in [3.8, 4) is 0 Å². The van der Waals surface area contributed by atoms with E-state index in [0.717, 1.165) is 36.1 Å². The van der Waals surface area contributed by atoms with Gasteiger partial charge in [-0.25, -0.2) is 0 Å². The van der Waals surface area contributed by atoms with Crippen LogP contribution in [0.25, 0.3) is 0 Å². The van der Waals surface area contributed by atoms with Crippen LogP contribution in [0, 0.1) is 0 Å². The predicted molar refractivity (Wildman–Crippen MR) is 62.6 cm³/mol. The number of Topliss-reactive ketones (excluding diaryl/α,β-unsaturated/α-hetero) is 1. The van der Waals surface area contributed by atoms with Crippen molar-refractivity contribution in [3.63, 3.8) is 0 Å². The number of nitrogens with one attached hydrogen (secondary N) is 1. The lowest BCUT2D eigenvalue weighted by molar-refractivity contribution is -0.114. The maximum atomic E-state index is 11.8. The quantitative estimate of drug-likeness (QED) is 0.735. The molecule has 3 nitrogen and oxygen atoms in total. The molecule has 1 aliphatic carbocycles. The molecule has 0 spiro atoms. The molecule has 1 aromatic rings. The highest BCUT2D eigenvalue weighted by atomic mass is 16.1. The summed E-state index contributed by atoms with van der Waals surface area (Å²) in [5, 5.41) is 2.74. The number of benzene rings is 1. The second kappa shape index (κ2) is 4.47. The molecule has 16 heavy (non-hydrogen) atoms. The van der Waals surface area contributed by atoms with Gasteiger partial charge >= 0.3 is 0 Å². The molecule has 1 N–H and O–H groups in total. The van der Waals surface area contributed by atoms with Gasteiger partial charge in [-0.3, -0.25) is 9.59 Å². The predicted octanol–water partition coefficient (Wildman–Crippen LogP) is 2.55. The van der Waals surface area contributed by atoms with E-state index in [1.165, 1.54) is 6.92 Å². The maximum Gasteiger partial charge on any atom is 0.221 e. The average molecular weight is 217 g/mol. The standard InChI is InChI=1S/C13H15NO2/c1-9(15)14-11-6-7-12-10(8-11)4-2-3-5-13(12)16/h6-8H,2-5H2,1H3,(H,14,15). The van der Waals surface area contributed by atoms with Gasteiger partial charge in [-0.15, -0.1) is 0 Å². The molecule has 0 heterocycles. The van der Waals surface area contributed by atoms with Crippen LogP contribution in [0.3, 0.4) is 0 Å². The van der Waals surface area contributed by atoms with Crippen molar-refractivity contribution in [1.82, 2.24) is 0 Å². The molecular weight excluding hydrogens is 202 g/mol. The lowest BCUT2D eigenvalue weighted by Crippen LogP contribution is -2.07. The lowest BCUT2D eigenvalue weighted by Gasteiger charge is -2.08. The van der Waals surface area contributed by atoms with E-state index < -0.39 is 0 Å². The summed E-state index contributed by atoms with van der Waals surface area (Å²) in [6.07, 6.45) is 3.58. The zero-order valence-corrected chi connectivity index (χ0v) is 9.38. The van der Waals surface area contributed by atoms with Gasteiger partial charge < -0.3 is 5.32 Å². The van der Waals surface area contributed by atoms with Crippen LogP contribution in [-0.4, -0.2) is 11.7 Å². The molecule has 1 aromatic carbocycles. The first-order valence-electron chi connectivity index (χ1n) is 5.60. The molecule has 0 fully saturated rings. The third-order valence-electron chi connectivity index (χ3n) is 2.83. The van der Waals surface area contributed by atoms with Crippen molar-refractivity contribution >= 4 is 17.4 Å². The van der Waals surface area contributed by atoms with Crippen LogP contribution in [0.1, 0.15) is 42.1 Å². The van der Waals surface area contributed by atoms with Gasteiger partial charge in [0.05, 0.1) is 0 Å². The number of carbonyl (C=O) groups excluding carboxylic acids is 2. The van der Waals surface area contributed by atoms with E-state index in [2.05, 4.69) is 5.32 Å². The van der Waals surface area contributed by atoms with E-state index in [9.17, 15) is 9.59 Å². The third kappa shape index (κ3) is 2.30. The molecule has 2 rings (SSSR count). The lowest BCUT2D eigenvalue weighted by atomic mass is 10.0. The first-order chi connectivity index (χ1) is 7.66.